The maximum Gasteiger partial charge on any atom is 0.251 e. The second-order valence-electron chi connectivity index (χ2n) is 6.61. The third-order valence-corrected chi connectivity index (χ3v) is 4.50. The Morgan fingerprint density at radius 1 is 1.07 bits per heavy atom. The molecule has 0 bridgehead atoms. The second-order valence-corrected chi connectivity index (χ2v) is 6.61. The van der Waals surface area contributed by atoms with Gasteiger partial charge in [0, 0.05) is 37.8 Å². The Hall–Kier alpha value is -2.70. The van der Waals surface area contributed by atoms with Gasteiger partial charge in [0.05, 0.1) is 19.3 Å². The standard InChI is InChI=1S/C21H25N3O3/c1-16(25)22-19-9-5-8-18(14-19)21(26)23-20(17-6-3-2-4-7-17)15-24-10-12-27-13-11-24/h2-9,14,20H,10-13,15H2,1H3,(H,22,25)(H,23,26)/t20-/m0/s1. The number of nitrogens with one attached hydrogen (secondary N) is 2. The average Bonchev–Trinajstić information content (AvgIpc) is 2.68. The Kier molecular flexibility index (Phi) is 6.57. The maximum absolute atomic E-state index is 12.8. The molecule has 3 rings (SSSR count). The van der Waals surface area contributed by atoms with Crippen molar-refractivity contribution in [1.82, 2.24) is 10.2 Å². The lowest BCUT2D eigenvalue weighted by Crippen LogP contribution is -2.43. The molecule has 0 unspecified atom stereocenters. The number of rotatable bonds is 6. The molecule has 142 valence electrons. The van der Waals surface area contributed by atoms with Gasteiger partial charge in [0.15, 0.2) is 0 Å². The van der Waals surface area contributed by atoms with Crippen LogP contribution in [0.1, 0.15) is 28.9 Å². The van der Waals surface area contributed by atoms with Crippen molar-refractivity contribution in [3.05, 3.63) is 65.7 Å². The van der Waals surface area contributed by atoms with Crippen LogP contribution in [0.25, 0.3) is 0 Å². The first kappa shape index (κ1) is 19.1. The zero-order chi connectivity index (χ0) is 19.1. The highest BCUT2D eigenvalue weighted by Crippen LogP contribution is 2.17. The number of amides is 2. The Labute approximate surface area is 159 Å². The molecule has 1 aliphatic heterocycles. The van der Waals surface area contributed by atoms with Gasteiger partial charge in [-0.1, -0.05) is 36.4 Å². The fraction of sp³-hybridized carbons (Fsp3) is 0.333. The van der Waals surface area contributed by atoms with E-state index >= 15 is 0 Å². The van der Waals surface area contributed by atoms with Gasteiger partial charge in [0.1, 0.15) is 0 Å². The summed E-state index contributed by atoms with van der Waals surface area (Å²) >= 11 is 0. The Balaban J connectivity index is 1.74. The number of morpholine rings is 1. The lowest BCUT2D eigenvalue weighted by molar-refractivity contribution is -0.114. The second kappa shape index (κ2) is 9.30. The predicted molar refractivity (Wildman–Crippen MR) is 105 cm³/mol. The lowest BCUT2D eigenvalue weighted by atomic mass is 10.0. The zero-order valence-corrected chi connectivity index (χ0v) is 15.5. The van der Waals surface area contributed by atoms with Gasteiger partial charge in [-0.15, -0.1) is 0 Å². The van der Waals surface area contributed by atoms with Crippen molar-refractivity contribution >= 4 is 17.5 Å². The highest BCUT2D eigenvalue weighted by Gasteiger charge is 2.20. The summed E-state index contributed by atoms with van der Waals surface area (Å²) in [4.78, 5) is 26.4. The maximum atomic E-state index is 12.8. The number of carbonyl (C=O) groups is 2. The van der Waals surface area contributed by atoms with Crippen LogP contribution in [0.2, 0.25) is 0 Å². The predicted octanol–water partition coefficient (Wildman–Crippen LogP) is 2.45. The molecule has 1 atom stereocenters. The largest absolute Gasteiger partial charge is 0.379 e. The molecule has 6 heteroatoms. The monoisotopic (exact) mass is 367 g/mol. The van der Waals surface area contributed by atoms with Crippen LogP contribution in [0, 0.1) is 0 Å². The van der Waals surface area contributed by atoms with E-state index < -0.39 is 0 Å². The van der Waals surface area contributed by atoms with Crippen LogP contribution in [-0.4, -0.2) is 49.6 Å². The molecule has 1 aliphatic rings. The molecule has 1 fully saturated rings. The molecule has 2 amide bonds. The molecular formula is C21H25N3O3. The van der Waals surface area contributed by atoms with Crippen molar-refractivity contribution in [1.29, 1.82) is 0 Å². The molecule has 2 N–H and O–H groups in total. The molecule has 0 spiro atoms. The molecule has 1 saturated heterocycles. The van der Waals surface area contributed by atoms with Gasteiger partial charge in [-0.05, 0) is 23.8 Å². The third-order valence-electron chi connectivity index (χ3n) is 4.50. The molecular weight excluding hydrogens is 342 g/mol. The minimum Gasteiger partial charge on any atom is -0.379 e. The topological polar surface area (TPSA) is 70.7 Å². The van der Waals surface area contributed by atoms with Crippen molar-refractivity contribution in [2.45, 2.75) is 13.0 Å². The molecule has 6 nitrogen and oxygen atoms in total. The summed E-state index contributed by atoms with van der Waals surface area (Å²) in [5.41, 5.74) is 2.19. The van der Waals surface area contributed by atoms with Crippen LogP contribution in [0.3, 0.4) is 0 Å². The third kappa shape index (κ3) is 5.64. The van der Waals surface area contributed by atoms with E-state index in [1.807, 2.05) is 30.3 Å². The van der Waals surface area contributed by atoms with Crippen LogP contribution in [0.15, 0.2) is 54.6 Å². The average molecular weight is 367 g/mol. The zero-order valence-electron chi connectivity index (χ0n) is 15.5. The number of benzene rings is 2. The smallest absolute Gasteiger partial charge is 0.251 e. The Morgan fingerprint density at radius 3 is 2.52 bits per heavy atom. The first-order chi connectivity index (χ1) is 13.1. The van der Waals surface area contributed by atoms with E-state index in [-0.39, 0.29) is 17.9 Å². The van der Waals surface area contributed by atoms with Gasteiger partial charge in [-0.2, -0.15) is 0 Å². The lowest BCUT2D eigenvalue weighted by Gasteiger charge is -2.31. The minimum atomic E-state index is -0.165. The molecule has 1 heterocycles. The molecule has 2 aromatic rings. The number of ether oxygens (including phenoxy) is 1. The number of hydrogen-bond acceptors (Lipinski definition) is 4. The number of anilines is 1. The van der Waals surface area contributed by atoms with Crippen molar-refractivity contribution in [2.75, 3.05) is 38.2 Å². The van der Waals surface area contributed by atoms with Crippen LogP contribution < -0.4 is 10.6 Å². The van der Waals surface area contributed by atoms with E-state index in [2.05, 4.69) is 15.5 Å². The van der Waals surface area contributed by atoms with E-state index in [1.165, 1.54) is 6.92 Å². The van der Waals surface area contributed by atoms with Crippen LogP contribution in [0.5, 0.6) is 0 Å². The van der Waals surface area contributed by atoms with E-state index in [1.54, 1.807) is 24.3 Å². The fourth-order valence-electron chi connectivity index (χ4n) is 3.14. The van der Waals surface area contributed by atoms with Crippen molar-refractivity contribution in [2.24, 2.45) is 0 Å². The number of nitrogens with zero attached hydrogens (tertiary/aromatic N) is 1. The highest BCUT2D eigenvalue weighted by molar-refractivity contribution is 5.97. The van der Waals surface area contributed by atoms with Crippen LogP contribution in [-0.2, 0) is 9.53 Å². The summed E-state index contributed by atoms with van der Waals surface area (Å²) < 4.78 is 5.42. The molecule has 0 radical (unpaired) electrons. The van der Waals surface area contributed by atoms with E-state index in [0.29, 0.717) is 24.5 Å². The van der Waals surface area contributed by atoms with Crippen molar-refractivity contribution in [3.63, 3.8) is 0 Å². The summed E-state index contributed by atoms with van der Waals surface area (Å²) in [5.74, 6) is -0.327. The van der Waals surface area contributed by atoms with Gasteiger partial charge in [0.2, 0.25) is 5.91 Å². The molecule has 0 aromatic heterocycles. The van der Waals surface area contributed by atoms with E-state index in [0.717, 1.165) is 25.2 Å². The highest BCUT2D eigenvalue weighted by atomic mass is 16.5. The van der Waals surface area contributed by atoms with Gasteiger partial charge in [-0.3, -0.25) is 14.5 Å². The normalized spacial score (nSPS) is 15.7. The van der Waals surface area contributed by atoms with Crippen molar-refractivity contribution in [3.8, 4) is 0 Å². The summed E-state index contributed by atoms with van der Waals surface area (Å²) in [5, 5.41) is 5.85. The molecule has 0 aliphatic carbocycles. The minimum absolute atomic E-state index is 0.124. The van der Waals surface area contributed by atoms with Crippen LogP contribution >= 0.6 is 0 Å². The summed E-state index contributed by atoms with van der Waals surface area (Å²) in [6.45, 7) is 5.32. The number of hydrogen-bond donors (Lipinski definition) is 2. The van der Waals surface area contributed by atoms with Gasteiger partial charge in [0.25, 0.3) is 5.91 Å². The first-order valence-corrected chi connectivity index (χ1v) is 9.15. The first-order valence-electron chi connectivity index (χ1n) is 9.15. The SMILES string of the molecule is CC(=O)Nc1cccc(C(=O)N[C@@H](CN2CCOCC2)c2ccccc2)c1. The van der Waals surface area contributed by atoms with Crippen LogP contribution in [0.4, 0.5) is 5.69 Å². The molecule has 27 heavy (non-hydrogen) atoms. The van der Waals surface area contributed by atoms with E-state index in [4.69, 9.17) is 4.74 Å². The molecule has 0 saturated carbocycles. The fourth-order valence-corrected chi connectivity index (χ4v) is 3.14. The van der Waals surface area contributed by atoms with Crippen molar-refractivity contribution < 1.29 is 14.3 Å². The van der Waals surface area contributed by atoms with Gasteiger partial charge >= 0.3 is 0 Å². The van der Waals surface area contributed by atoms with E-state index in [9.17, 15) is 9.59 Å². The summed E-state index contributed by atoms with van der Waals surface area (Å²) in [6.07, 6.45) is 0. The Morgan fingerprint density at radius 2 is 1.81 bits per heavy atom. The van der Waals surface area contributed by atoms with Gasteiger partial charge < -0.3 is 15.4 Å². The summed E-state index contributed by atoms with van der Waals surface area (Å²) in [6, 6.07) is 16.8. The Bertz CT molecular complexity index is 773. The summed E-state index contributed by atoms with van der Waals surface area (Å²) in [7, 11) is 0. The van der Waals surface area contributed by atoms with Gasteiger partial charge in [-0.25, -0.2) is 0 Å². The molecule has 2 aromatic carbocycles. The quantitative estimate of drug-likeness (QED) is 0.823. The number of carbonyl (C=O) groups excluding carboxylic acids is 2.